The van der Waals surface area contributed by atoms with Gasteiger partial charge in [-0.05, 0) is 26.2 Å². The summed E-state index contributed by atoms with van der Waals surface area (Å²) in [7, 11) is 0. The highest BCUT2D eigenvalue weighted by Crippen LogP contribution is 2.34. The summed E-state index contributed by atoms with van der Waals surface area (Å²) in [5, 5.41) is 37.5. The van der Waals surface area contributed by atoms with E-state index in [-0.39, 0.29) is 6.42 Å². The molecule has 118 valence electrons. The van der Waals surface area contributed by atoms with Crippen LogP contribution in [0.2, 0.25) is 0 Å². The first-order valence-corrected chi connectivity index (χ1v) is 6.62. The van der Waals surface area contributed by atoms with Crippen LogP contribution in [0.4, 0.5) is 0 Å². The Hall–Kier alpha value is -0.770. The molecule has 0 saturated carbocycles. The van der Waals surface area contributed by atoms with E-state index >= 15 is 0 Å². The van der Waals surface area contributed by atoms with Crippen LogP contribution < -0.4 is 11.5 Å². The van der Waals surface area contributed by atoms with Crippen LogP contribution >= 0.6 is 0 Å². The molecule has 1 aliphatic rings. The van der Waals surface area contributed by atoms with Crippen LogP contribution in [0.15, 0.2) is 0 Å². The summed E-state index contributed by atoms with van der Waals surface area (Å²) in [5.74, 6) is -1.07. The Morgan fingerprint density at radius 3 is 2.40 bits per heavy atom. The molecule has 0 aromatic rings. The average Bonchev–Trinajstić information content (AvgIpc) is 2.63. The normalized spacial score (nSPS) is 36.8. The Morgan fingerprint density at radius 2 is 1.95 bits per heavy atom. The fraction of sp³-hybridized carbons (Fsp3) is 0.917. The fourth-order valence-corrected chi connectivity index (χ4v) is 2.43. The van der Waals surface area contributed by atoms with Gasteiger partial charge in [0.15, 0.2) is 0 Å². The van der Waals surface area contributed by atoms with Crippen molar-refractivity contribution in [1.82, 2.24) is 0 Å². The SMILES string of the molecule is CC1(C(N)CCCC(N)C(=O)O)O[C@H](CO)[C@@H](O)[C@@H]1O. The lowest BCUT2D eigenvalue weighted by molar-refractivity contribution is -0.138. The van der Waals surface area contributed by atoms with Crippen molar-refractivity contribution in [3.63, 3.8) is 0 Å². The third kappa shape index (κ3) is 3.46. The lowest BCUT2D eigenvalue weighted by Gasteiger charge is -2.34. The molecule has 0 spiro atoms. The van der Waals surface area contributed by atoms with E-state index in [4.69, 9.17) is 26.4 Å². The number of carboxylic acid groups (broad SMARTS) is 1. The number of nitrogens with two attached hydrogens (primary N) is 2. The molecule has 1 fully saturated rings. The largest absolute Gasteiger partial charge is 0.480 e. The van der Waals surface area contributed by atoms with Crippen molar-refractivity contribution in [3.8, 4) is 0 Å². The summed E-state index contributed by atoms with van der Waals surface area (Å²) in [6.07, 6.45) is -2.16. The summed E-state index contributed by atoms with van der Waals surface area (Å²) < 4.78 is 5.47. The molecule has 1 saturated heterocycles. The van der Waals surface area contributed by atoms with Gasteiger partial charge in [-0.15, -0.1) is 0 Å². The van der Waals surface area contributed by atoms with Gasteiger partial charge in [-0.25, -0.2) is 0 Å². The average molecular weight is 292 g/mol. The Balaban J connectivity index is 2.54. The lowest BCUT2D eigenvalue weighted by atomic mass is 9.86. The molecule has 0 bridgehead atoms. The predicted octanol–water partition coefficient (Wildman–Crippen LogP) is -2.23. The summed E-state index contributed by atoms with van der Waals surface area (Å²) >= 11 is 0. The monoisotopic (exact) mass is 292 g/mol. The highest BCUT2D eigenvalue weighted by molar-refractivity contribution is 5.72. The Morgan fingerprint density at radius 1 is 1.35 bits per heavy atom. The molecule has 0 radical (unpaired) electrons. The maximum absolute atomic E-state index is 10.6. The van der Waals surface area contributed by atoms with E-state index in [1.165, 1.54) is 0 Å². The number of hydrogen-bond acceptors (Lipinski definition) is 7. The maximum Gasteiger partial charge on any atom is 0.320 e. The zero-order valence-electron chi connectivity index (χ0n) is 11.5. The van der Waals surface area contributed by atoms with Gasteiger partial charge in [0.25, 0.3) is 0 Å². The molecule has 0 aromatic carbocycles. The highest BCUT2D eigenvalue weighted by atomic mass is 16.6. The molecule has 0 amide bonds. The van der Waals surface area contributed by atoms with Crippen LogP contribution in [-0.4, -0.2) is 69.0 Å². The number of carbonyl (C=O) groups is 1. The second kappa shape index (κ2) is 6.79. The van der Waals surface area contributed by atoms with Crippen molar-refractivity contribution >= 4 is 5.97 Å². The zero-order valence-corrected chi connectivity index (χ0v) is 11.5. The van der Waals surface area contributed by atoms with Crippen molar-refractivity contribution in [3.05, 3.63) is 0 Å². The summed E-state index contributed by atoms with van der Waals surface area (Å²) in [6.45, 7) is 1.16. The van der Waals surface area contributed by atoms with Crippen LogP contribution in [0.3, 0.4) is 0 Å². The Labute approximate surface area is 117 Å². The van der Waals surface area contributed by atoms with E-state index in [9.17, 15) is 15.0 Å². The van der Waals surface area contributed by atoms with E-state index in [2.05, 4.69) is 0 Å². The summed E-state index contributed by atoms with van der Waals surface area (Å²) in [5.41, 5.74) is 10.2. The number of aliphatic carboxylic acids is 1. The predicted molar refractivity (Wildman–Crippen MR) is 69.8 cm³/mol. The van der Waals surface area contributed by atoms with E-state index in [0.717, 1.165) is 0 Å². The van der Waals surface area contributed by atoms with Gasteiger partial charge >= 0.3 is 5.97 Å². The number of aliphatic hydroxyl groups is 3. The number of rotatable bonds is 7. The number of carboxylic acids is 1. The molecule has 8 N–H and O–H groups in total. The topological polar surface area (TPSA) is 159 Å². The van der Waals surface area contributed by atoms with Gasteiger partial charge in [0, 0.05) is 6.04 Å². The minimum atomic E-state index is -1.21. The minimum absolute atomic E-state index is 0.265. The molecule has 0 aromatic heterocycles. The second-order valence-electron chi connectivity index (χ2n) is 5.44. The van der Waals surface area contributed by atoms with Crippen molar-refractivity contribution in [1.29, 1.82) is 0 Å². The fourth-order valence-electron chi connectivity index (χ4n) is 2.43. The molecule has 3 unspecified atom stereocenters. The summed E-state index contributed by atoms with van der Waals surface area (Å²) in [4.78, 5) is 10.6. The molecule has 8 heteroatoms. The molecule has 1 heterocycles. The van der Waals surface area contributed by atoms with Crippen LogP contribution in [0.5, 0.6) is 0 Å². The second-order valence-corrected chi connectivity index (χ2v) is 5.44. The van der Waals surface area contributed by atoms with Crippen molar-refractivity contribution in [2.45, 2.75) is 62.2 Å². The molecule has 0 aliphatic carbocycles. The number of ether oxygens (including phenoxy) is 1. The Kier molecular flexibility index (Phi) is 5.87. The van der Waals surface area contributed by atoms with E-state index in [0.29, 0.717) is 12.8 Å². The molecular weight excluding hydrogens is 268 g/mol. The third-order valence-corrected chi connectivity index (χ3v) is 3.96. The molecule has 8 nitrogen and oxygen atoms in total. The van der Waals surface area contributed by atoms with Crippen LogP contribution in [0.25, 0.3) is 0 Å². The first-order valence-electron chi connectivity index (χ1n) is 6.62. The maximum atomic E-state index is 10.6. The van der Waals surface area contributed by atoms with Crippen LogP contribution in [0.1, 0.15) is 26.2 Å². The van der Waals surface area contributed by atoms with E-state index < -0.39 is 48.6 Å². The van der Waals surface area contributed by atoms with E-state index in [1.54, 1.807) is 6.92 Å². The molecule has 20 heavy (non-hydrogen) atoms. The van der Waals surface area contributed by atoms with E-state index in [1.807, 2.05) is 0 Å². The van der Waals surface area contributed by atoms with Gasteiger partial charge in [-0.2, -0.15) is 0 Å². The van der Waals surface area contributed by atoms with Gasteiger partial charge < -0.3 is 36.6 Å². The highest BCUT2D eigenvalue weighted by Gasteiger charge is 2.53. The van der Waals surface area contributed by atoms with Gasteiger partial charge in [0.1, 0.15) is 30.0 Å². The lowest BCUT2D eigenvalue weighted by Crippen LogP contribution is -2.54. The standard InChI is InChI=1S/C12H24N2O6/c1-12(10(17)9(16)7(5-15)20-12)8(14)4-2-3-6(13)11(18)19/h6-10,15-17H,2-5,13-14H2,1H3,(H,18,19)/t6?,7-,8?,9-,10+,12?/m1/s1. The Bertz CT molecular complexity index is 342. The van der Waals surface area contributed by atoms with Gasteiger partial charge in [-0.3, -0.25) is 4.79 Å². The first kappa shape index (κ1) is 17.3. The molecule has 1 rings (SSSR count). The molecular formula is C12H24N2O6. The smallest absolute Gasteiger partial charge is 0.320 e. The number of aliphatic hydroxyl groups excluding tert-OH is 3. The minimum Gasteiger partial charge on any atom is -0.480 e. The molecule has 1 aliphatic heterocycles. The quantitative estimate of drug-likeness (QED) is 0.307. The zero-order chi connectivity index (χ0) is 15.5. The molecule has 6 atom stereocenters. The van der Waals surface area contributed by atoms with Crippen molar-refractivity contribution in [2.75, 3.05) is 6.61 Å². The van der Waals surface area contributed by atoms with Crippen molar-refractivity contribution in [2.24, 2.45) is 11.5 Å². The first-order chi connectivity index (χ1) is 9.24. The van der Waals surface area contributed by atoms with Crippen molar-refractivity contribution < 1.29 is 30.0 Å². The van der Waals surface area contributed by atoms with Gasteiger partial charge in [-0.1, -0.05) is 0 Å². The third-order valence-electron chi connectivity index (χ3n) is 3.96. The number of hydrogen-bond donors (Lipinski definition) is 6. The van der Waals surface area contributed by atoms with Crippen LogP contribution in [0, 0.1) is 0 Å². The van der Waals surface area contributed by atoms with Gasteiger partial charge in [0.05, 0.1) is 6.61 Å². The summed E-state index contributed by atoms with van der Waals surface area (Å²) in [6, 6.07) is -1.55. The van der Waals surface area contributed by atoms with Crippen LogP contribution in [-0.2, 0) is 9.53 Å². The van der Waals surface area contributed by atoms with Gasteiger partial charge in [0.2, 0.25) is 0 Å².